The minimum atomic E-state index is -0.908. The molecule has 0 saturated carbocycles. The van der Waals surface area contributed by atoms with Crippen LogP contribution in [0.4, 0.5) is 14.9 Å². The van der Waals surface area contributed by atoms with E-state index in [1.165, 1.54) is 17.0 Å². The fourth-order valence-corrected chi connectivity index (χ4v) is 3.65. The molecule has 0 aromatic heterocycles. The van der Waals surface area contributed by atoms with Crippen LogP contribution in [0.1, 0.15) is 44.4 Å². The molecule has 170 valence electrons. The summed E-state index contributed by atoms with van der Waals surface area (Å²) in [7, 11) is 0. The van der Waals surface area contributed by atoms with Crippen molar-refractivity contribution in [2.24, 2.45) is 5.92 Å². The van der Waals surface area contributed by atoms with Crippen molar-refractivity contribution in [2.45, 2.75) is 45.9 Å². The maximum absolute atomic E-state index is 13.3. The Kier molecular flexibility index (Phi) is 7.45. The van der Waals surface area contributed by atoms with Gasteiger partial charge in [0.1, 0.15) is 5.82 Å². The third-order valence-corrected chi connectivity index (χ3v) is 5.06. The van der Waals surface area contributed by atoms with Crippen molar-refractivity contribution >= 4 is 23.6 Å². The van der Waals surface area contributed by atoms with E-state index in [1.807, 2.05) is 13.8 Å². The first kappa shape index (κ1) is 23.2. The molecule has 2 N–H and O–H groups in total. The summed E-state index contributed by atoms with van der Waals surface area (Å²) in [5.41, 5.74) is 1.84. The largest absolute Gasteiger partial charge is 0.438 e. The first-order valence-electron chi connectivity index (χ1n) is 10.7. The van der Waals surface area contributed by atoms with Crippen LogP contribution in [-0.4, -0.2) is 35.4 Å². The number of cyclic esters (lactones) is 1. The second-order valence-corrected chi connectivity index (χ2v) is 8.17. The Bertz CT molecular complexity index is 977. The number of carbonyl (C=O) groups excluding carboxylic acids is 3. The van der Waals surface area contributed by atoms with Gasteiger partial charge in [-0.15, -0.1) is 0 Å². The van der Waals surface area contributed by atoms with Gasteiger partial charge in [-0.1, -0.05) is 38.1 Å². The van der Waals surface area contributed by atoms with Gasteiger partial charge in [-0.05, 0) is 48.2 Å². The summed E-state index contributed by atoms with van der Waals surface area (Å²) in [6.07, 6.45) is -1.10. The smallest absolute Gasteiger partial charge is 0.411 e. The highest BCUT2D eigenvalue weighted by Gasteiger charge is 2.46. The van der Waals surface area contributed by atoms with Crippen molar-refractivity contribution in [3.05, 3.63) is 65.5 Å². The predicted molar refractivity (Wildman–Crippen MR) is 118 cm³/mol. The first-order valence-corrected chi connectivity index (χ1v) is 10.7. The van der Waals surface area contributed by atoms with E-state index in [0.717, 1.165) is 0 Å². The number of amides is 3. The Labute approximate surface area is 186 Å². The first-order chi connectivity index (χ1) is 15.3. The van der Waals surface area contributed by atoms with Gasteiger partial charge >= 0.3 is 6.09 Å². The van der Waals surface area contributed by atoms with Gasteiger partial charge in [0.25, 0.3) is 0 Å². The van der Waals surface area contributed by atoms with E-state index in [2.05, 4.69) is 10.6 Å². The molecule has 3 amide bonds. The highest BCUT2D eigenvalue weighted by atomic mass is 19.1. The molecule has 0 radical (unpaired) electrons. The standard InChI is InChI=1S/C24H28FN3O4/c1-4-26-23(30)21-22(17-6-5-7-19(13-17)27-20(29)12-15(2)3)32-24(31)28(21)14-16-8-10-18(25)11-9-16/h5-11,13,15,21-22H,4,12,14H2,1-3H3,(H,26,30)(H,27,29). The molecule has 0 spiro atoms. The molecule has 1 saturated heterocycles. The van der Waals surface area contributed by atoms with Gasteiger partial charge in [-0.2, -0.15) is 0 Å². The molecule has 2 unspecified atom stereocenters. The maximum atomic E-state index is 13.3. The molecule has 2 aromatic carbocycles. The normalized spacial score (nSPS) is 17.9. The molecule has 2 aromatic rings. The van der Waals surface area contributed by atoms with Crippen molar-refractivity contribution in [1.29, 1.82) is 0 Å². The summed E-state index contributed by atoms with van der Waals surface area (Å²) in [6, 6.07) is 11.8. The second-order valence-electron chi connectivity index (χ2n) is 8.17. The summed E-state index contributed by atoms with van der Waals surface area (Å²) in [6.45, 7) is 6.20. The minimum absolute atomic E-state index is 0.0994. The second kappa shape index (κ2) is 10.3. The predicted octanol–water partition coefficient (Wildman–Crippen LogP) is 4.01. The summed E-state index contributed by atoms with van der Waals surface area (Å²) in [5.74, 6) is -0.623. The van der Waals surface area contributed by atoms with Crippen LogP contribution in [-0.2, 0) is 20.9 Å². The Morgan fingerprint density at radius 3 is 2.53 bits per heavy atom. The number of carbonyl (C=O) groups is 3. The molecular formula is C24H28FN3O4. The van der Waals surface area contributed by atoms with E-state index in [9.17, 15) is 18.8 Å². The number of nitrogens with zero attached hydrogens (tertiary/aromatic N) is 1. The maximum Gasteiger partial charge on any atom is 0.411 e. The average molecular weight is 442 g/mol. The SMILES string of the molecule is CCNC(=O)C1C(c2cccc(NC(=O)CC(C)C)c2)OC(=O)N1Cc1ccc(F)cc1. The Hall–Kier alpha value is -3.42. The highest BCUT2D eigenvalue weighted by Crippen LogP contribution is 2.35. The molecule has 2 atom stereocenters. The van der Waals surface area contributed by atoms with Crippen molar-refractivity contribution < 1.29 is 23.5 Å². The quantitative estimate of drug-likeness (QED) is 0.648. The summed E-state index contributed by atoms with van der Waals surface area (Å²) in [5, 5.41) is 5.60. The fourth-order valence-electron chi connectivity index (χ4n) is 3.65. The molecule has 3 rings (SSSR count). The number of halogens is 1. The van der Waals surface area contributed by atoms with Crippen molar-refractivity contribution in [1.82, 2.24) is 10.2 Å². The number of ether oxygens (including phenoxy) is 1. The van der Waals surface area contributed by atoms with Crippen LogP contribution in [0.5, 0.6) is 0 Å². The van der Waals surface area contributed by atoms with Crippen LogP contribution in [0.2, 0.25) is 0 Å². The third-order valence-electron chi connectivity index (χ3n) is 5.06. The molecule has 0 bridgehead atoms. The van der Waals surface area contributed by atoms with Gasteiger partial charge in [0, 0.05) is 18.7 Å². The van der Waals surface area contributed by atoms with Crippen LogP contribution >= 0.6 is 0 Å². The number of benzene rings is 2. The molecule has 1 fully saturated rings. The van der Waals surface area contributed by atoms with Crippen LogP contribution in [0, 0.1) is 11.7 Å². The monoisotopic (exact) mass is 441 g/mol. The number of nitrogens with one attached hydrogen (secondary N) is 2. The van der Waals surface area contributed by atoms with E-state index in [0.29, 0.717) is 29.8 Å². The lowest BCUT2D eigenvalue weighted by molar-refractivity contribution is -0.126. The van der Waals surface area contributed by atoms with Crippen molar-refractivity contribution in [2.75, 3.05) is 11.9 Å². The highest BCUT2D eigenvalue weighted by molar-refractivity contribution is 5.91. The van der Waals surface area contributed by atoms with E-state index in [4.69, 9.17) is 4.74 Å². The van der Waals surface area contributed by atoms with E-state index < -0.39 is 18.2 Å². The molecule has 32 heavy (non-hydrogen) atoms. The van der Waals surface area contributed by atoms with E-state index >= 15 is 0 Å². The van der Waals surface area contributed by atoms with Gasteiger partial charge < -0.3 is 15.4 Å². The van der Waals surface area contributed by atoms with Crippen LogP contribution in [0.15, 0.2) is 48.5 Å². The molecule has 7 nitrogen and oxygen atoms in total. The lowest BCUT2D eigenvalue weighted by Gasteiger charge is -2.24. The van der Waals surface area contributed by atoms with Crippen molar-refractivity contribution in [3.8, 4) is 0 Å². The van der Waals surface area contributed by atoms with Crippen molar-refractivity contribution in [3.63, 3.8) is 0 Å². The van der Waals surface area contributed by atoms with Gasteiger partial charge in [-0.3, -0.25) is 14.5 Å². The molecular weight excluding hydrogens is 413 g/mol. The number of rotatable bonds is 8. The van der Waals surface area contributed by atoms with Gasteiger partial charge in [0.2, 0.25) is 11.8 Å². The van der Waals surface area contributed by atoms with E-state index in [1.54, 1.807) is 43.3 Å². The zero-order valence-electron chi connectivity index (χ0n) is 18.4. The zero-order valence-corrected chi connectivity index (χ0v) is 18.4. The number of hydrogen-bond donors (Lipinski definition) is 2. The Morgan fingerprint density at radius 2 is 1.88 bits per heavy atom. The number of likely N-dealkylation sites (N-methyl/N-ethyl adjacent to an activating group) is 1. The zero-order chi connectivity index (χ0) is 23.3. The van der Waals surface area contributed by atoms with Crippen LogP contribution < -0.4 is 10.6 Å². The van der Waals surface area contributed by atoms with Gasteiger partial charge in [-0.25, -0.2) is 9.18 Å². The minimum Gasteiger partial charge on any atom is -0.438 e. The molecule has 8 heteroatoms. The topological polar surface area (TPSA) is 87.7 Å². The number of hydrogen-bond acceptors (Lipinski definition) is 4. The van der Waals surface area contributed by atoms with Gasteiger partial charge in [0.05, 0.1) is 6.54 Å². The Balaban J connectivity index is 1.86. The Morgan fingerprint density at radius 1 is 1.16 bits per heavy atom. The molecule has 1 aliphatic rings. The van der Waals surface area contributed by atoms with Crippen LogP contribution in [0.25, 0.3) is 0 Å². The number of anilines is 1. The van der Waals surface area contributed by atoms with Crippen LogP contribution in [0.3, 0.4) is 0 Å². The summed E-state index contributed by atoms with van der Waals surface area (Å²) >= 11 is 0. The summed E-state index contributed by atoms with van der Waals surface area (Å²) in [4.78, 5) is 39.1. The molecule has 1 aliphatic heterocycles. The lowest BCUT2D eigenvalue weighted by Crippen LogP contribution is -2.46. The third kappa shape index (κ3) is 5.63. The fraction of sp³-hybridized carbons (Fsp3) is 0.375. The average Bonchev–Trinajstić information content (AvgIpc) is 3.05. The summed E-state index contributed by atoms with van der Waals surface area (Å²) < 4.78 is 18.9. The molecule has 0 aliphatic carbocycles. The lowest BCUT2D eigenvalue weighted by atomic mass is 10.00. The molecule has 1 heterocycles. The van der Waals surface area contributed by atoms with Gasteiger partial charge in [0.15, 0.2) is 12.1 Å². The van der Waals surface area contributed by atoms with E-state index in [-0.39, 0.29) is 30.1 Å².